The number of aromatic nitrogens is 4. The van der Waals surface area contributed by atoms with Crippen LogP contribution in [0.25, 0.3) is 5.65 Å². The van der Waals surface area contributed by atoms with Gasteiger partial charge in [-0.1, -0.05) is 18.1 Å². The Hall–Kier alpha value is -5.12. The van der Waals surface area contributed by atoms with Gasteiger partial charge in [0, 0.05) is 61.9 Å². The number of fused-ring (bicyclic) bond motifs is 1. The van der Waals surface area contributed by atoms with Gasteiger partial charge in [0.2, 0.25) is 0 Å². The van der Waals surface area contributed by atoms with E-state index < -0.39 is 17.6 Å². The zero-order valence-corrected chi connectivity index (χ0v) is 26.6. The minimum atomic E-state index is -4.56. The molecule has 5 aromatic rings. The third-order valence-electron chi connectivity index (χ3n) is 8.39. The van der Waals surface area contributed by atoms with E-state index in [2.05, 4.69) is 37.5 Å². The molecule has 12 heteroatoms. The highest BCUT2D eigenvalue weighted by molar-refractivity contribution is 6.04. The van der Waals surface area contributed by atoms with Crippen molar-refractivity contribution in [3.05, 3.63) is 107 Å². The first-order valence-electron chi connectivity index (χ1n) is 15.2. The van der Waals surface area contributed by atoms with E-state index in [4.69, 9.17) is 0 Å². The minimum absolute atomic E-state index is 0.0771. The number of hydrogen-bond donors (Lipinski definition) is 2. The van der Waals surface area contributed by atoms with Crippen molar-refractivity contribution in [1.29, 1.82) is 0 Å². The molecular formula is C35H35F3N8O. The molecule has 6 rings (SSSR count). The van der Waals surface area contributed by atoms with Crippen LogP contribution in [0.2, 0.25) is 0 Å². The monoisotopic (exact) mass is 640 g/mol. The molecule has 4 heterocycles. The van der Waals surface area contributed by atoms with Gasteiger partial charge < -0.3 is 15.5 Å². The summed E-state index contributed by atoms with van der Waals surface area (Å²) in [4.78, 5) is 21.9. The molecule has 3 aromatic heterocycles. The Morgan fingerprint density at radius 3 is 2.64 bits per heavy atom. The molecular weight excluding hydrogens is 605 g/mol. The van der Waals surface area contributed by atoms with Crippen molar-refractivity contribution in [1.82, 2.24) is 29.0 Å². The van der Waals surface area contributed by atoms with Gasteiger partial charge in [0.15, 0.2) is 5.65 Å². The molecule has 242 valence electrons. The number of halogens is 3. The van der Waals surface area contributed by atoms with Gasteiger partial charge in [-0.25, -0.2) is 4.98 Å². The largest absolute Gasteiger partial charge is 0.416 e. The summed E-state index contributed by atoms with van der Waals surface area (Å²) in [6.45, 7) is 3.52. The highest BCUT2D eigenvalue weighted by atomic mass is 19.4. The number of alkyl halides is 3. The summed E-state index contributed by atoms with van der Waals surface area (Å²) in [6, 6.07) is 13.2. The number of carbonyl (C=O) groups excluding carboxylic acids is 1. The number of amides is 1. The topological polar surface area (TPSA) is 82.7 Å². The van der Waals surface area contributed by atoms with Crippen molar-refractivity contribution in [3.63, 3.8) is 0 Å². The van der Waals surface area contributed by atoms with E-state index in [1.807, 2.05) is 61.9 Å². The van der Waals surface area contributed by atoms with Crippen LogP contribution in [-0.4, -0.2) is 68.1 Å². The standard InChI is InChI=1S/C35H35F3N8O/c1-23-7-8-25(16-24(23)10-12-29-19-39-33-32(6-5-14-46(29)33)41-28-18-40-44(4)21-28)34(47)42-27-11-9-26(31(17-27)35(36,37)38)20-45-15-13-30(22-45)43(2)3/h5-9,11,14,16-19,21,30,41H,13,15,20,22H2,1-4H3,(H,42,47). The number of likely N-dealkylation sites (tertiary alicyclic amines) is 1. The average molecular weight is 641 g/mol. The lowest BCUT2D eigenvalue weighted by molar-refractivity contribution is -0.138. The quantitative estimate of drug-likeness (QED) is 0.215. The number of benzene rings is 2. The molecule has 0 radical (unpaired) electrons. The Labute approximate surface area is 271 Å². The predicted molar refractivity (Wildman–Crippen MR) is 176 cm³/mol. The van der Waals surface area contributed by atoms with Crippen LogP contribution in [0, 0.1) is 18.8 Å². The van der Waals surface area contributed by atoms with E-state index in [1.165, 1.54) is 12.1 Å². The van der Waals surface area contributed by atoms with Gasteiger partial charge in [-0.05, 0) is 80.9 Å². The second kappa shape index (κ2) is 12.9. The van der Waals surface area contributed by atoms with Crippen molar-refractivity contribution < 1.29 is 18.0 Å². The van der Waals surface area contributed by atoms with Crippen LogP contribution in [-0.2, 0) is 19.8 Å². The maximum Gasteiger partial charge on any atom is 0.416 e. The minimum Gasteiger partial charge on any atom is -0.350 e. The first kappa shape index (κ1) is 31.8. The van der Waals surface area contributed by atoms with Gasteiger partial charge in [0.1, 0.15) is 5.69 Å². The lowest BCUT2D eigenvalue weighted by Crippen LogP contribution is -2.31. The van der Waals surface area contributed by atoms with Gasteiger partial charge in [-0.15, -0.1) is 0 Å². The van der Waals surface area contributed by atoms with Gasteiger partial charge in [-0.3, -0.25) is 18.8 Å². The smallest absolute Gasteiger partial charge is 0.350 e. The van der Waals surface area contributed by atoms with Crippen LogP contribution in [0.5, 0.6) is 0 Å². The van der Waals surface area contributed by atoms with Crippen molar-refractivity contribution in [2.24, 2.45) is 7.05 Å². The molecule has 1 atom stereocenters. The number of hydrogen-bond acceptors (Lipinski definition) is 6. The molecule has 1 aliphatic rings. The number of likely N-dealkylation sites (N-methyl/N-ethyl adjacent to an activating group) is 1. The van der Waals surface area contributed by atoms with Crippen LogP contribution in [0.1, 0.15) is 44.7 Å². The number of nitrogens with one attached hydrogen (secondary N) is 2. The van der Waals surface area contributed by atoms with E-state index in [0.29, 0.717) is 29.5 Å². The normalized spacial score (nSPS) is 15.2. The maximum absolute atomic E-state index is 14.1. The molecule has 1 saturated heterocycles. The summed E-state index contributed by atoms with van der Waals surface area (Å²) in [5.41, 5.74) is 4.23. The zero-order valence-electron chi connectivity index (χ0n) is 26.6. The number of nitrogens with zero attached hydrogens (tertiary/aromatic N) is 6. The van der Waals surface area contributed by atoms with Crippen molar-refractivity contribution in [2.75, 3.05) is 37.8 Å². The van der Waals surface area contributed by atoms with Gasteiger partial charge in [0.05, 0.1) is 29.3 Å². The Kier molecular flexibility index (Phi) is 8.77. The van der Waals surface area contributed by atoms with Crippen LogP contribution in [0.4, 0.5) is 30.2 Å². The van der Waals surface area contributed by atoms with E-state index in [0.717, 1.165) is 36.0 Å². The zero-order chi connectivity index (χ0) is 33.3. The Balaban J connectivity index is 1.19. The first-order valence-corrected chi connectivity index (χ1v) is 15.2. The number of imidazole rings is 1. The summed E-state index contributed by atoms with van der Waals surface area (Å²) < 4.78 is 45.9. The highest BCUT2D eigenvalue weighted by Crippen LogP contribution is 2.35. The van der Waals surface area contributed by atoms with Crippen molar-refractivity contribution >= 4 is 28.6 Å². The summed E-state index contributed by atoms with van der Waals surface area (Å²) >= 11 is 0. The Morgan fingerprint density at radius 1 is 1.09 bits per heavy atom. The molecule has 1 fully saturated rings. The molecule has 1 unspecified atom stereocenters. The van der Waals surface area contributed by atoms with Crippen molar-refractivity contribution in [3.8, 4) is 11.8 Å². The van der Waals surface area contributed by atoms with Gasteiger partial charge in [-0.2, -0.15) is 18.3 Å². The first-order chi connectivity index (χ1) is 22.4. The lowest BCUT2D eigenvalue weighted by Gasteiger charge is -2.22. The molecule has 0 saturated carbocycles. The lowest BCUT2D eigenvalue weighted by atomic mass is 10.0. The number of anilines is 3. The molecule has 0 bridgehead atoms. The fourth-order valence-electron chi connectivity index (χ4n) is 5.75. The molecule has 1 amide bonds. The number of carbonyl (C=O) groups is 1. The summed E-state index contributed by atoms with van der Waals surface area (Å²) in [5, 5.41) is 10.1. The average Bonchev–Trinajstić information content (AvgIpc) is 3.77. The van der Waals surface area contributed by atoms with Crippen LogP contribution in [0.15, 0.2) is 73.3 Å². The SMILES string of the molecule is Cc1ccc(C(=O)Nc2ccc(CN3CCC(N(C)C)C3)c(C(F)(F)F)c2)cc1C#Cc1cnc2c(Nc3cnn(C)c3)cccn12. The molecule has 1 aliphatic heterocycles. The van der Waals surface area contributed by atoms with Gasteiger partial charge >= 0.3 is 6.18 Å². The summed E-state index contributed by atoms with van der Waals surface area (Å²) in [7, 11) is 5.81. The van der Waals surface area contributed by atoms with Gasteiger partial charge in [0.25, 0.3) is 5.91 Å². The third kappa shape index (κ3) is 7.16. The Morgan fingerprint density at radius 2 is 1.91 bits per heavy atom. The number of rotatable bonds is 7. The third-order valence-corrected chi connectivity index (χ3v) is 8.39. The van der Waals surface area contributed by atoms with E-state index in [1.54, 1.807) is 35.3 Å². The van der Waals surface area contributed by atoms with Crippen LogP contribution in [0.3, 0.4) is 0 Å². The molecule has 47 heavy (non-hydrogen) atoms. The highest BCUT2D eigenvalue weighted by Gasteiger charge is 2.35. The van der Waals surface area contributed by atoms with E-state index in [-0.39, 0.29) is 23.4 Å². The van der Waals surface area contributed by atoms with E-state index >= 15 is 0 Å². The Bertz CT molecular complexity index is 2000. The fourth-order valence-corrected chi connectivity index (χ4v) is 5.75. The second-order valence-corrected chi connectivity index (χ2v) is 12.0. The molecule has 9 nitrogen and oxygen atoms in total. The van der Waals surface area contributed by atoms with Crippen LogP contribution >= 0.6 is 0 Å². The molecule has 2 aromatic carbocycles. The summed E-state index contributed by atoms with van der Waals surface area (Å²) in [6.07, 6.45) is 3.48. The fraction of sp³-hybridized carbons (Fsp3) is 0.286. The molecule has 0 aliphatic carbocycles. The van der Waals surface area contributed by atoms with Crippen LogP contribution < -0.4 is 10.6 Å². The molecule has 0 spiro atoms. The van der Waals surface area contributed by atoms with Crippen molar-refractivity contribution in [2.45, 2.75) is 32.1 Å². The number of aryl methyl sites for hydroxylation is 2. The number of pyridine rings is 1. The predicted octanol–water partition coefficient (Wildman–Crippen LogP) is 5.93. The summed E-state index contributed by atoms with van der Waals surface area (Å²) in [5.74, 6) is 5.76. The van der Waals surface area contributed by atoms with E-state index in [9.17, 15) is 18.0 Å². The maximum atomic E-state index is 14.1. The molecule has 2 N–H and O–H groups in total. The second-order valence-electron chi connectivity index (χ2n) is 12.0.